The van der Waals surface area contributed by atoms with Crippen LogP contribution in [0.2, 0.25) is 0 Å². The van der Waals surface area contributed by atoms with Crippen LogP contribution in [0.4, 0.5) is 0 Å². The van der Waals surface area contributed by atoms with Crippen molar-refractivity contribution in [3.63, 3.8) is 0 Å². The van der Waals surface area contributed by atoms with E-state index in [1.165, 1.54) is 12.1 Å². The van der Waals surface area contributed by atoms with Gasteiger partial charge >= 0.3 is 11.9 Å². The summed E-state index contributed by atoms with van der Waals surface area (Å²) in [6, 6.07) is 5.19. The Balaban J connectivity index is 3.34. The summed E-state index contributed by atoms with van der Waals surface area (Å²) in [5.74, 6) is -2.36. The Morgan fingerprint density at radius 1 is 1.44 bits per heavy atom. The van der Waals surface area contributed by atoms with Crippen molar-refractivity contribution in [2.75, 3.05) is 7.11 Å². The number of benzene rings is 1. The molecule has 0 bridgehead atoms. The van der Waals surface area contributed by atoms with Crippen molar-refractivity contribution in [2.45, 2.75) is 0 Å². The molecule has 0 radical (unpaired) electrons. The Hall–Kier alpha value is -2.81. The Bertz CT molecular complexity index is 568. The minimum absolute atomic E-state index is 0.127. The number of aromatic carboxylic acids is 1. The fraction of sp³-hybridized carbons (Fsp3) is 0.0833. The normalized spacial score (nSPS) is 10.6. The van der Waals surface area contributed by atoms with E-state index in [-0.39, 0.29) is 22.4 Å². The van der Waals surface area contributed by atoms with Crippen LogP contribution in [0.5, 0.6) is 5.75 Å². The minimum Gasteiger partial charge on any atom is -0.508 e. The van der Waals surface area contributed by atoms with Crippen molar-refractivity contribution in [3.8, 4) is 11.8 Å². The van der Waals surface area contributed by atoms with Crippen molar-refractivity contribution in [1.82, 2.24) is 0 Å². The highest BCUT2D eigenvalue weighted by atomic mass is 16.5. The fourth-order valence-corrected chi connectivity index (χ4v) is 1.26. The van der Waals surface area contributed by atoms with Crippen LogP contribution < -0.4 is 0 Å². The third-order valence-electron chi connectivity index (χ3n) is 2.09. The maximum atomic E-state index is 11.2. The molecule has 1 aromatic rings. The number of phenols is 1. The smallest absolute Gasteiger partial charge is 0.348 e. The first kappa shape index (κ1) is 13.3. The summed E-state index contributed by atoms with van der Waals surface area (Å²) in [7, 11) is 1.11. The van der Waals surface area contributed by atoms with Gasteiger partial charge in [-0.1, -0.05) is 6.07 Å². The maximum Gasteiger partial charge on any atom is 0.348 e. The Morgan fingerprint density at radius 3 is 2.61 bits per heavy atom. The second-order valence-electron chi connectivity index (χ2n) is 3.24. The number of hydrogen-bond acceptors (Lipinski definition) is 5. The van der Waals surface area contributed by atoms with Gasteiger partial charge in [0.1, 0.15) is 17.4 Å². The van der Waals surface area contributed by atoms with E-state index in [0.717, 1.165) is 19.3 Å². The van der Waals surface area contributed by atoms with Gasteiger partial charge in [-0.15, -0.1) is 0 Å². The third kappa shape index (κ3) is 2.86. The van der Waals surface area contributed by atoms with Crippen LogP contribution >= 0.6 is 0 Å². The molecule has 6 nitrogen and oxygen atoms in total. The molecule has 0 saturated heterocycles. The first-order chi connectivity index (χ1) is 8.49. The van der Waals surface area contributed by atoms with Crippen molar-refractivity contribution >= 4 is 18.0 Å². The van der Waals surface area contributed by atoms with Gasteiger partial charge in [0.05, 0.1) is 12.7 Å². The molecule has 0 aliphatic heterocycles. The predicted octanol–water partition coefficient (Wildman–Crippen LogP) is 1.17. The van der Waals surface area contributed by atoms with Gasteiger partial charge in [0.2, 0.25) is 0 Å². The average molecular weight is 247 g/mol. The lowest BCUT2D eigenvalue weighted by atomic mass is 10.0. The largest absolute Gasteiger partial charge is 0.508 e. The lowest BCUT2D eigenvalue weighted by Crippen LogP contribution is -2.04. The zero-order valence-corrected chi connectivity index (χ0v) is 9.38. The van der Waals surface area contributed by atoms with Crippen molar-refractivity contribution in [3.05, 3.63) is 34.9 Å². The fourth-order valence-electron chi connectivity index (χ4n) is 1.26. The molecule has 1 aromatic carbocycles. The van der Waals surface area contributed by atoms with Crippen LogP contribution in [0.1, 0.15) is 15.9 Å². The van der Waals surface area contributed by atoms with E-state index in [9.17, 15) is 14.7 Å². The van der Waals surface area contributed by atoms with Crippen molar-refractivity contribution in [1.29, 1.82) is 5.26 Å². The standard InChI is InChI=1S/C12H9NO5/c1-18-12(17)8(6-13)4-7-2-3-9(14)5-10(7)11(15)16/h2-5,14H,1H3,(H,15,16)/b8-4+. The van der Waals surface area contributed by atoms with Crippen LogP contribution in [-0.2, 0) is 9.53 Å². The summed E-state index contributed by atoms with van der Waals surface area (Å²) >= 11 is 0. The number of aromatic hydroxyl groups is 1. The van der Waals surface area contributed by atoms with E-state index in [4.69, 9.17) is 10.4 Å². The van der Waals surface area contributed by atoms with Gasteiger partial charge in [-0.2, -0.15) is 5.26 Å². The molecule has 0 atom stereocenters. The molecule has 0 fully saturated rings. The van der Waals surface area contributed by atoms with E-state index in [2.05, 4.69) is 4.74 Å². The van der Waals surface area contributed by atoms with Crippen LogP contribution in [0.25, 0.3) is 6.08 Å². The number of hydrogen-bond donors (Lipinski definition) is 2. The molecule has 6 heteroatoms. The van der Waals surface area contributed by atoms with Gasteiger partial charge in [0.15, 0.2) is 0 Å². The number of rotatable bonds is 3. The molecule has 0 spiro atoms. The average Bonchev–Trinajstić information content (AvgIpc) is 2.36. The molecule has 0 aliphatic rings. The SMILES string of the molecule is COC(=O)/C(C#N)=C/c1ccc(O)cc1C(=O)O. The molecule has 1 rings (SSSR count). The summed E-state index contributed by atoms with van der Waals surface area (Å²) in [6.45, 7) is 0. The van der Waals surface area contributed by atoms with E-state index < -0.39 is 11.9 Å². The number of carboxylic acids is 1. The topological polar surface area (TPSA) is 108 Å². The zero-order valence-electron chi connectivity index (χ0n) is 9.38. The monoisotopic (exact) mass is 247 g/mol. The molecule has 0 aromatic heterocycles. The molecule has 18 heavy (non-hydrogen) atoms. The molecule has 0 aliphatic carbocycles. The number of ether oxygens (including phenoxy) is 1. The zero-order chi connectivity index (χ0) is 13.7. The number of carbonyl (C=O) groups excluding carboxylic acids is 1. The predicted molar refractivity (Wildman–Crippen MR) is 60.7 cm³/mol. The molecule has 92 valence electrons. The van der Waals surface area contributed by atoms with Gasteiger partial charge in [-0.25, -0.2) is 9.59 Å². The Morgan fingerprint density at radius 2 is 2.11 bits per heavy atom. The second-order valence-corrected chi connectivity index (χ2v) is 3.24. The number of methoxy groups -OCH3 is 1. The van der Waals surface area contributed by atoms with Gasteiger partial charge in [-0.3, -0.25) is 0 Å². The summed E-state index contributed by atoms with van der Waals surface area (Å²) in [6.07, 6.45) is 1.09. The van der Waals surface area contributed by atoms with Crippen LogP contribution in [0, 0.1) is 11.3 Å². The Kier molecular flexibility index (Phi) is 4.05. The quantitative estimate of drug-likeness (QED) is 0.471. The highest BCUT2D eigenvalue weighted by molar-refractivity contribution is 6.00. The number of nitrogens with zero attached hydrogens (tertiary/aromatic N) is 1. The van der Waals surface area contributed by atoms with Crippen LogP contribution in [-0.4, -0.2) is 29.3 Å². The number of carbonyl (C=O) groups is 2. The minimum atomic E-state index is -1.28. The number of carboxylic acid groups (broad SMARTS) is 1. The van der Waals surface area contributed by atoms with Gasteiger partial charge in [-0.05, 0) is 23.8 Å². The number of phenolic OH excluding ortho intramolecular Hbond substituents is 1. The molecule has 0 saturated carbocycles. The summed E-state index contributed by atoms with van der Waals surface area (Å²) in [4.78, 5) is 22.1. The van der Waals surface area contributed by atoms with E-state index in [1.807, 2.05) is 0 Å². The van der Waals surface area contributed by atoms with Gasteiger partial charge in [0, 0.05) is 0 Å². The first-order valence-corrected chi connectivity index (χ1v) is 4.76. The van der Waals surface area contributed by atoms with Crippen LogP contribution in [0.3, 0.4) is 0 Å². The number of esters is 1. The van der Waals surface area contributed by atoms with Crippen molar-refractivity contribution < 1.29 is 24.5 Å². The maximum absolute atomic E-state index is 11.2. The molecular weight excluding hydrogens is 238 g/mol. The summed E-state index contributed by atoms with van der Waals surface area (Å²) in [5.41, 5.74) is -0.417. The van der Waals surface area contributed by atoms with Gasteiger partial charge in [0.25, 0.3) is 0 Å². The van der Waals surface area contributed by atoms with E-state index in [0.29, 0.717) is 0 Å². The molecule has 0 unspecified atom stereocenters. The lowest BCUT2D eigenvalue weighted by Gasteiger charge is -2.03. The third-order valence-corrected chi connectivity index (χ3v) is 2.09. The lowest BCUT2D eigenvalue weighted by molar-refractivity contribution is -0.135. The molecule has 0 heterocycles. The first-order valence-electron chi connectivity index (χ1n) is 4.76. The van der Waals surface area contributed by atoms with Crippen LogP contribution in [0.15, 0.2) is 23.8 Å². The highest BCUT2D eigenvalue weighted by Crippen LogP contribution is 2.19. The molecule has 0 amide bonds. The second kappa shape index (κ2) is 5.50. The van der Waals surface area contributed by atoms with Gasteiger partial charge < -0.3 is 14.9 Å². The highest BCUT2D eigenvalue weighted by Gasteiger charge is 2.13. The van der Waals surface area contributed by atoms with Crippen molar-refractivity contribution in [2.24, 2.45) is 0 Å². The number of nitriles is 1. The Labute approximate surface area is 102 Å². The molecule has 2 N–H and O–H groups in total. The van der Waals surface area contributed by atoms with E-state index >= 15 is 0 Å². The summed E-state index contributed by atoms with van der Waals surface area (Å²) < 4.78 is 4.37. The van der Waals surface area contributed by atoms with E-state index in [1.54, 1.807) is 6.07 Å². The summed E-state index contributed by atoms with van der Waals surface area (Å²) in [5, 5.41) is 26.9. The molecular formula is C12H9NO5.